The summed E-state index contributed by atoms with van der Waals surface area (Å²) >= 11 is 0. The van der Waals surface area contributed by atoms with Gasteiger partial charge in [0.25, 0.3) is 0 Å². The number of rotatable bonds is 2. The molecule has 1 rings (SSSR count). The monoisotopic (exact) mass is 197 g/mol. The molecule has 0 aliphatic heterocycles. The van der Waals surface area contributed by atoms with Crippen LogP contribution in [0.4, 0.5) is 0 Å². The van der Waals surface area contributed by atoms with E-state index in [-0.39, 0.29) is 0 Å². The van der Waals surface area contributed by atoms with Gasteiger partial charge in [0.15, 0.2) is 0 Å². The summed E-state index contributed by atoms with van der Waals surface area (Å²) in [7, 11) is 0. The molecule has 1 saturated carbocycles. The second-order valence-corrected chi connectivity index (χ2v) is 5.96. The Morgan fingerprint density at radius 1 is 1.00 bits per heavy atom. The Balaban J connectivity index is 2.66. The second-order valence-electron chi connectivity index (χ2n) is 5.96. The SMILES string of the molecule is CC(C)N(C1CCCCC1)C(C)(C)C. The van der Waals surface area contributed by atoms with Crippen molar-refractivity contribution in [3.63, 3.8) is 0 Å². The van der Waals surface area contributed by atoms with E-state index in [9.17, 15) is 0 Å². The van der Waals surface area contributed by atoms with E-state index in [0.29, 0.717) is 11.6 Å². The molecule has 0 unspecified atom stereocenters. The lowest BCUT2D eigenvalue weighted by Gasteiger charge is -2.46. The summed E-state index contributed by atoms with van der Waals surface area (Å²) in [6.45, 7) is 11.7. The van der Waals surface area contributed by atoms with Crippen molar-refractivity contribution in [3.05, 3.63) is 0 Å². The summed E-state index contributed by atoms with van der Waals surface area (Å²) in [5, 5.41) is 0. The maximum absolute atomic E-state index is 2.71. The number of hydrogen-bond acceptors (Lipinski definition) is 1. The molecule has 0 N–H and O–H groups in total. The van der Waals surface area contributed by atoms with Crippen molar-refractivity contribution < 1.29 is 0 Å². The third-order valence-electron chi connectivity index (χ3n) is 3.30. The van der Waals surface area contributed by atoms with Gasteiger partial charge in [-0.05, 0) is 47.5 Å². The fraction of sp³-hybridized carbons (Fsp3) is 1.00. The highest BCUT2D eigenvalue weighted by Gasteiger charge is 2.31. The summed E-state index contributed by atoms with van der Waals surface area (Å²) in [5.74, 6) is 0. The Bertz CT molecular complexity index is 161. The van der Waals surface area contributed by atoms with Gasteiger partial charge in [0.05, 0.1) is 0 Å². The molecule has 0 aromatic carbocycles. The van der Waals surface area contributed by atoms with Crippen molar-refractivity contribution in [1.29, 1.82) is 0 Å². The molecule has 0 bridgehead atoms. The van der Waals surface area contributed by atoms with Crippen LogP contribution in [0.2, 0.25) is 0 Å². The Morgan fingerprint density at radius 2 is 1.50 bits per heavy atom. The van der Waals surface area contributed by atoms with Crippen molar-refractivity contribution in [2.75, 3.05) is 0 Å². The zero-order chi connectivity index (χ0) is 10.8. The van der Waals surface area contributed by atoms with E-state index in [2.05, 4.69) is 39.5 Å². The second kappa shape index (κ2) is 4.65. The minimum absolute atomic E-state index is 0.330. The summed E-state index contributed by atoms with van der Waals surface area (Å²) in [6.07, 6.45) is 7.14. The van der Waals surface area contributed by atoms with Gasteiger partial charge < -0.3 is 0 Å². The first kappa shape index (κ1) is 12.0. The molecule has 84 valence electrons. The topological polar surface area (TPSA) is 3.24 Å². The minimum atomic E-state index is 0.330. The molecule has 1 aliphatic carbocycles. The number of nitrogens with zero attached hydrogens (tertiary/aromatic N) is 1. The molecule has 0 aromatic heterocycles. The molecule has 0 saturated heterocycles. The lowest BCUT2D eigenvalue weighted by atomic mass is 9.89. The van der Waals surface area contributed by atoms with Crippen LogP contribution in [-0.4, -0.2) is 22.5 Å². The van der Waals surface area contributed by atoms with Crippen LogP contribution in [0, 0.1) is 0 Å². The van der Waals surface area contributed by atoms with Crippen LogP contribution < -0.4 is 0 Å². The van der Waals surface area contributed by atoms with E-state index in [0.717, 1.165) is 6.04 Å². The normalized spacial score (nSPS) is 20.8. The molecule has 14 heavy (non-hydrogen) atoms. The van der Waals surface area contributed by atoms with Gasteiger partial charge in [-0.1, -0.05) is 19.3 Å². The fourth-order valence-corrected chi connectivity index (χ4v) is 3.10. The first-order valence-electron chi connectivity index (χ1n) is 6.21. The van der Waals surface area contributed by atoms with Crippen LogP contribution in [0.1, 0.15) is 66.7 Å². The molecule has 1 nitrogen and oxygen atoms in total. The van der Waals surface area contributed by atoms with E-state index in [1.165, 1.54) is 32.1 Å². The van der Waals surface area contributed by atoms with Gasteiger partial charge in [0, 0.05) is 17.6 Å². The van der Waals surface area contributed by atoms with Crippen molar-refractivity contribution in [1.82, 2.24) is 4.90 Å². The summed E-state index contributed by atoms with van der Waals surface area (Å²) in [4.78, 5) is 2.71. The van der Waals surface area contributed by atoms with Gasteiger partial charge in [-0.15, -0.1) is 0 Å². The van der Waals surface area contributed by atoms with E-state index >= 15 is 0 Å². The lowest BCUT2D eigenvalue weighted by Crippen LogP contribution is -2.52. The average molecular weight is 197 g/mol. The zero-order valence-electron chi connectivity index (χ0n) is 10.6. The molecule has 0 spiro atoms. The molecule has 0 amide bonds. The maximum atomic E-state index is 2.71. The molecule has 1 aliphatic rings. The third kappa shape index (κ3) is 2.98. The van der Waals surface area contributed by atoms with Crippen LogP contribution in [0.5, 0.6) is 0 Å². The van der Waals surface area contributed by atoms with Gasteiger partial charge in [-0.25, -0.2) is 0 Å². The van der Waals surface area contributed by atoms with Gasteiger partial charge in [-0.2, -0.15) is 0 Å². The highest BCUT2D eigenvalue weighted by Crippen LogP contribution is 2.29. The van der Waals surface area contributed by atoms with Crippen LogP contribution in [0.3, 0.4) is 0 Å². The van der Waals surface area contributed by atoms with Gasteiger partial charge in [0.2, 0.25) is 0 Å². The third-order valence-corrected chi connectivity index (χ3v) is 3.30. The molecular formula is C13H27N. The van der Waals surface area contributed by atoms with E-state index < -0.39 is 0 Å². The standard InChI is InChI=1S/C13H27N/c1-11(2)14(13(3,4)5)12-9-7-6-8-10-12/h11-12H,6-10H2,1-5H3. The summed E-state index contributed by atoms with van der Waals surface area (Å²) in [6, 6.07) is 1.52. The van der Waals surface area contributed by atoms with Gasteiger partial charge in [0.1, 0.15) is 0 Å². The quantitative estimate of drug-likeness (QED) is 0.650. The summed E-state index contributed by atoms with van der Waals surface area (Å²) in [5.41, 5.74) is 0.330. The molecule has 0 radical (unpaired) electrons. The largest absolute Gasteiger partial charge is 0.293 e. The van der Waals surface area contributed by atoms with E-state index in [4.69, 9.17) is 0 Å². The maximum Gasteiger partial charge on any atom is 0.0130 e. The Hall–Kier alpha value is -0.0400. The van der Waals surface area contributed by atoms with E-state index in [1.807, 2.05) is 0 Å². The first-order chi connectivity index (χ1) is 6.43. The van der Waals surface area contributed by atoms with Crippen LogP contribution in [0.15, 0.2) is 0 Å². The molecule has 0 aromatic rings. The lowest BCUT2D eigenvalue weighted by molar-refractivity contribution is 0.0301. The summed E-state index contributed by atoms with van der Waals surface area (Å²) < 4.78 is 0. The highest BCUT2D eigenvalue weighted by molar-refractivity contribution is 4.87. The predicted octanol–water partition coefficient (Wildman–Crippen LogP) is 3.83. The molecular weight excluding hydrogens is 170 g/mol. The number of hydrogen-bond donors (Lipinski definition) is 0. The zero-order valence-corrected chi connectivity index (χ0v) is 10.6. The minimum Gasteiger partial charge on any atom is -0.293 e. The molecule has 0 heterocycles. The van der Waals surface area contributed by atoms with Crippen molar-refractivity contribution >= 4 is 0 Å². The molecule has 0 atom stereocenters. The van der Waals surface area contributed by atoms with Gasteiger partial charge >= 0.3 is 0 Å². The van der Waals surface area contributed by atoms with Crippen molar-refractivity contribution in [2.24, 2.45) is 0 Å². The van der Waals surface area contributed by atoms with Gasteiger partial charge in [-0.3, -0.25) is 4.90 Å². The van der Waals surface area contributed by atoms with Crippen LogP contribution >= 0.6 is 0 Å². The van der Waals surface area contributed by atoms with Crippen molar-refractivity contribution in [2.45, 2.75) is 84.3 Å². The molecule has 1 fully saturated rings. The Labute approximate surface area is 89.9 Å². The Kier molecular flexibility index (Phi) is 4.00. The van der Waals surface area contributed by atoms with Crippen molar-refractivity contribution in [3.8, 4) is 0 Å². The fourth-order valence-electron chi connectivity index (χ4n) is 3.10. The smallest absolute Gasteiger partial charge is 0.0130 e. The highest BCUT2D eigenvalue weighted by atomic mass is 15.2. The van der Waals surface area contributed by atoms with Crippen LogP contribution in [-0.2, 0) is 0 Å². The van der Waals surface area contributed by atoms with Crippen LogP contribution in [0.25, 0.3) is 0 Å². The van der Waals surface area contributed by atoms with E-state index in [1.54, 1.807) is 0 Å². The average Bonchev–Trinajstić information content (AvgIpc) is 2.02. The Morgan fingerprint density at radius 3 is 1.86 bits per heavy atom. The predicted molar refractivity (Wildman–Crippen MR) is 63.6 cm³/mol. The first-order valence-corrected chi connectivity index (χ1v) is 6.21. The molecule has 1 heteroatoms.